The van der Waals surface area contributed by atoms with Gasteiger partial charge in [0.1, 0.15) is 5.75 Å². The average Bonchev–Trinajstić information content (AvgIpc) is 2.68. The van der Waals surface area contributed by atoms with Crippen molar-refractivity contribution in [2.75, 3.05) is 18.4 Å². The van der Waals surface area contributed by atoms with Crippen molar-refractivity contribution >= 4 is 17.5 Å². The molecule has 1 saturated heterocycles. The molecule has 0 bridgehead atoms. The van der Waals surface area contributed by atoms with E-state index in [2.05, 4.69) is 5.32 Å². The molecule has 1 heterocycles. The maximum atomic E-state index is 11.6. The van der Waals surface area contributed by atoms with Crippen LogP contribution in [0.3, 0.4) is 0 Å². The van der Waals surface area contributed by atoms with E-state index in [1.807, 2.05) is 0 Å². The van der Waals surface area contributed by atoms with E-state index in [9.17, 15) is 9.59 Å². The molecule has 1 aromatic carbocycles. The molecule has 0 atom stereocenters. The van der Waals surface area contributed by atoms with Crippen molar-refractivity contribution in [3.8, 4) is 5.75 Å². The van der Waals surface area contributed by atoms with Gasteiger partial charge in [-0.1, -0.05) is 0 Å². The minimum Gasteiger partial charge on any atom is -0.508 e. The largest absolute Gasteiger partial charge is 0.508 e. The highest BCUT2D eigenvalue weighted by molar-refractivity contribution is 5.94. The average molecular weight is 234 g/mol. The second-order valence-electron chi connectivity index (χ2n) is 4.01. The number of hydrogen-bond acceptors (Lipinski definition) is 3. The normalized spacial score (nSPS) is 15.1. The van der Waals surface area contributed by atoms with Gasteiger partial charge in [0.2, 0.25) is 11.8 Å². The summed E-state index contributed by atoms with van der Waals surface area (Å²) in [5.41, 5.74) is 0.611. The van der Waals surface area contributed by atoms with Crippen LogP contribution in [0.2, 0.25) is 0 Å². The number of rotatable bonds is 3. The quantitative estimate of drug-likeness (QED) is 0.765. The molecule has 2 amide bonds. The minimum absolute atomic E-state index is 0.0332. The molecular weight excluding hydrogens is 220 g/mol. The summed E-state index contributed by atoms with van der Waals surface area (Å²) >= 11 is 0. The predicted molar refractivity (Wildman–Crippen MR) is 62.6 cm³/mol. The molecule has 0 aromatic heterocycles. The molecule has 0 spiro atoms. The number of nitrogens with zero attached hydrogens (tertiary/aromatic N) is 1. The summed E-state index contributed by atoms with van der Waals surface area (Å²) in [5.74, 6) is -0.0329. The van der Waals surface area contributed by atoms with E-state index in [0.29, 0.717) is 18.7 Å². The lowest BCUT2D eigenvalue weighted by Gasteiger charge is -2.14. The van der Waals surface area contributed by atoms with Crippen LogP contribution in [0.5, 0.6) is 5.75 Å². The van der Waals surface area contributed by atoms with E-state index in [1.165, 1.54) is 12.1 Å². The third-order valence-corrected chi connectivity index (χ3v) is 2.66. The van der Waals surface area contributed by atoms with Crippen LogP contribution in [0.25, 0.3) is 0 Å². The molecule has 1 aromatic rings. The Morgan fingerprint density at radius 2 is 2.06 bits per heavy atom. The molecule has 1 aliphatic heterocycles. The molecule has 2 N–H and O–H groups in total. The van der Waals surface area contributed by atoms with Gasteiger partial charge in [-0.3, -0.25) is 9.59 Å². The van der Waals surface area contributed by atoms with Crippen molar-refractivity contribution in [2.24, 2.45) is 0 Å². The summed E-state index contributed by atoms with van der Waals surface area (Å²) in [6.07, 6.45) is 1.36. The summed E-state index contributed by atoms with van der Waals surface area (Å²) in [5, 5.41) is 11.8. The first kappa shape index (κ1) is 11.4. The number of aromatic hydroxyl groups is 1. The zero-order chi connectivity index (χ0) is 12.3. The Bertz CT molecular complexity index is 428. The van der Waals surface area contributed by atoms with Crippen molar-refractivity contribution < 1.29 is 14.7 Å². The van der Waals surface area contributed by atoms with Gasteiger partial charge in [0.15, 0.2) is 0 Å². The number of carbonyl (C=O) groups is 2. The molecule has 90 valence electrons. The van der Waals surface area contributed by atoms with Crippen LogP contribution in [-0.4, -0.2) is 34.9 Å². The number of amides is 2. The number of benzene rings is 1. The summed E-state index contributed by atoms with van der Waals surface area (Å²) in [6.45, 7) is 0.752. The SMILES string of the molecule is O=C(CN1CCCC1=O)Nc1ccc(O)cc1. The summed E-state index contributed by atoms with van der Waals surface area (Å²) in [6, 6.07) is 6.21. The predicted octanol–water partition coefficient (Wildman–Crippen LogP) is 0.953. The van der Waals surface area contributed by atoms with E-state index in [1.54, 1.807) is 17.0 Å². The van der Waals surface area contributed by atoms with Crippen LogP contribution in [0.1, 0.15) is 12.8 Å². The van der Waals surface area contributed by atoms with Gasteiger partial charge in [-0.05, 0) is 30.7 Å². The lowest BCUT2D eigenvalue weighted by molar-refractivity contribution is -0.131. The van der Waals surface area contributed by atoms with Crippen LogP contribution in [-0.2, 0) is 9.59 Å². The Balaban J connectivity index is 1.88. The third kappa shape index (κ3) is 2.96. The highest BCUT2D eigenvalue weighted by Gasteiger charge is 2.22. The fourth-order valence-corrected chi connectivity index (χ4v) is 1.79. The second-order valence-corrected chi connectivity index (χ2v) is 4.01. The van der Waals surface area contributed by atoms with E-state index in [0.717, 1.165) is 6.42 Å². The van der Waals surface area contributed by atoms with Crippen LogP contribution in [0, 0.1) is 0 Å². The number of phenols is 1. The monoisotopic (exact) mass is 234 g/mol. The van der Waals surface area contributed by atoms with Gasteiger partial charge in [-0.2, -0.15) is 0 Å². The number of hydrogen-bond donors (Lipinski definition) is 2. The Morgan fingerprint density at radius 3 is 2.65 bits per heavy atom. The summed E-state index contributed by atoms with van der Waals surface area (Å²) in [4.78, 5) is 24.5. The molecule has 5 nitrogen and oxygen atoms in total. The lowest BCUT2D eigenvalue weighted by Crippen LogP contribution is -2.33. The van der Waals surface area contributed by atoms with Gasteiger partial charge in [0.25, 0.3) is 0 Å². The summed E-state index contributed by atoms with van der Waals surface area (Å²) < 4.78 is 0. The Morgan fingerprint density at radius 1 is 1.35 bits per heavy atom. The minimum atomic E-state index is -0.217. The van der Waals surface area contributed by atoms with Crippen LogP contribution in [0.15, 0.2) is 24.3 Å². The number of anilines is 1. The number of carbonyl (C=O) groups excluding carboxylic acids is 2. The molecule has 2 rings (SSSR count). The van der Waals surface area contributed by atoms with Gasteiger partial charge in [-0.25, -0.2) is 0 Å². The maximum Gasteiger partial charge on any atom is 0.243 e. The molecule has 0 radical (unpaired) electrons. The van der Waals surface area contributed by atoms with E-state index in [4.69, 9.17) is 5.11 Å². The highest BCUT2D eigenvalue weighted by Crippen LogP contribution is 2.14. The fraction of sp³-hybridized carbons (Fsp3) is 0.333. The van der Waals surface area contributed by atoms with Crippen LogP contribution < -0.4 is 5.32 Å². The number of phenolic OH excluding ortho intramolecular Hbond substituents is 1. The molecule has 0 aliphatic carbocycles. The van der Waals surface area contributed by atoms with Crippen LogP contribution in [0.4, 0.5) is 5.69 Å². The van der Waals surface area contributed by atoms with E-state index in [-0.39, 0.29) is 24.1 Å². The van der Waals surface area contributed by atoms with E-state index >= 15 is 0 Å². The summed E-state index contributed by atoms with van der Waals surface area (Å²) in [7, 11) is 0. The third-order valence-electron chi connectivity index (χ3n) is 2.66. The zero-order valence-electron chi connectivity index (χ0n) is 9.35. The standard InChI is InChI=1S/C12H14N2O3/c15-10-5-3-9(4-6-10)13-11(16)8-14-7-1-2-12(14)17/h3-6,15H,1-2,7-8H2,(H,13,16). The first-order chi connectivity index (χ1) is 8.15. The van der Waals surface area contributed by atoms with Crippen molar-refractivity contribution in [2.45, 2.75) is 12.8 Å². The van der Waals surface area contributed by atoms with Crippen LogP contribution >= 0.6 is 0 Å². The second kappa shape index (κ2) is 4.86. The van der Waals surface area contributed by atoms with Crippen molar-refractivity contribution in [1.82, 2.24) is 4.90 Å². The first-order valence-electron chi connectivity index (χ1n) is 5.52. The Kier molecular flexibility index (Phi) is 3.27. The van der Waals surface area contributed by atoms with Crippen molar-refractivity contribution in [1.29, 1.82) is 0 Å². The molecule has 0 saturated carbocycles. The van der Waals surface area contributed by atoms with Gasteiger partial charge < -0.3 is 15.3 Å². The fourth-order valence-electron chi connectivity index (χ4n) is 1.79. The molecule has 0 unspecified atom stereocenters. The lowest BCUT2D eigenvalue weighted by atomic mass is 10.3. The molecule has 17 heavy (non-hydrogen) atoms. The van der Waals surface area contributed by atoms with E-state index < -0.39 is 0 Å². The smallest absolute Gasteiger partial charge is 0.243 e. The van der Waals surface area contributed by atoms with Gasteiger partial charge >= 0.3 is 0 Å². The number of nitrogens with one attached hydrogen (secondary N) is 1. The van der Waals surface area contributed by atoms with Gasteiger partial charge in [0, 0.05) is 18.7 Å². The molecule has 1 fully saturated rings. The molecular formula is C12H14N2O3. The zero-order valence-corrected chi connectivity index (χ0v) is 9.35. The van der Waals surface area contributed by atoms with Crippen molar-refractivity contribution in [3.05, 3.63) is 24.3 Å². The van der Waals surface area contributed by atoms with Gasteiger partial charge in [0.05, 0.1) is 6.54 Å². The highest BCUT2D eigenvalue weighted by atomic mass is 16.3. The Labute approximate surface area is 99.0 Å². The molecule has 5 heteroatoms. The Hall–Kier alpha value is -2.04. The molecule has 1 aliphatic rings. The maximum absolute atomic E-state index is 11.6. The van der Waals surface area contributed by atoms with Crippen molar-refractivity contribution in [3.63, 3.8) is 0 Å². The first-order valence-corrected chi connectivity index (χ1v) is 5.52. The number of likely N-dealkylation sites (tertiary alicyclic amines) is 1. The van der Waals surface area contributed by atoms with Gasteiger partial charge in [-0.15, -0.1) is 0 Å². The topological polar surface area (TPSA) is 69.6 Å².